The van der Waals surface area contributed by atoms with Crippen LogP contribution < -0.4 is 5.32 Å². The van der Waals surface area contributed by atoms with E-state index in [1.165, 1.54) is 51.4 Å². The van der Waals surface area contributed by atoms with Gasteiger partial charge in [0.1, 0.15) is 0 Å². The number of unbranched alkanes of at least 4 members (excludes halogenated alkanes) is 2. The van der Waals surface area contributed by atoms with Crippen LogP contribution in [0.3, 0.4) is 0 Å². The van der Waals surface area contributed by atoms with Gasteiger partial charge in [0.05, 0.1) is 0 Å². The van der Waals surface area contributed by atoms with Gasteiger partial charge in [-0.2, -0.15) is 0 Å². The van der Waals surface area contributed by atoms with Gasteiger partial charge in [-0.3, -0.25) is 4.79 Å². The topological polar surface area (TPSA) is 29.1 Å². The van der Waals surface area contributed by atoms with Gasteiger partial charge >= 0.3 is 0 Å². The van der Waals surface area contributed by atoms with E-state index in [1.807, 2.05) is 0 Å². The number of carbonyl (C=O) groups excluding carboxylic acids is 1. The summed E-state index contributed by atoms with van der Waals surface area (Å²) in [5, 5.41) is 4.32. The molecule has 4 aliphatic rings. The van der Waals surface area contributed by atoms with Crippen molar-refractivity contribution in [2.45, 2.75) is 57.8 Å². The molecule has 4 saturated carbocycles. The highest BCUT2D eigenvalue weighted by atomic mass is 79.9. The van der Waals surface area contributed by atoms with Crippen LogP contribution in [0.25, 0.3) is 0 Å². The smallest absolute Gasteiger partial charge is 0.226 e. The summed E-state index contributed by atoms with van der Waals surface area (Å²) < 4.78 is 0. The van der Waals surface area contributed by atoms with E-state index >= 15 is 0 Å². The average Bonchev–Trinajstić information content (AvgIpc) is 2.36. The van der Waals surface area contributed by atoms with Gasteiger partial charge in [0.15, 0.2) is 0 Å². The summed E-state index contributed by atoms with van der Waals surface area (Å²) in [6.45, 7) is 0.883. The van der Waals surface area contributed by atoms with Crippen LogP contribution in [0.2, 0.25) is 0 Å². The molecule has 2 nitrogen and oxygen atoms in total. The Morgan fingerprint density at radius 3 is 2.11 bits per heavy atom. The molecule has 1 N–H and O–H groups in total. The van der Waals surface area contributed by atoms with E-state index in [1.54, 1.807) is 0 Å². The Hall–Kier alpha value is -0.0500. The number of rotatable bonds is 6. The number of alkyl halides is 1. The van der Waals surface area contributed by atoms with Gasteiger partial charge in [-0.25, -0.2) is 0 Å². The molecule has 0 atom stereocenters. The molecule has 0 saturated heterocycles. The van der Waals surface area contributed by atoms with Crippen molar-refractivity contribution in [3.05, 3.63) is 0 Å². The Morgan fingerprint density at radius 2 is 1.58 bits per heavy atom. The van der Waals surface area contributed by atoms with Crippen molar-refractivity contribution in [1.82, 2.24) is 5.32 Å². The monoisotopic (exact) mass is 327 g/mol. The van der Waals surface area contributed by atoms with Crippen LogP contribution in [-0.2, 0) is 4.79 Å². The maximum Gasteiger partial charge on any atom is 0.226 e. The molecule has 0 spiro atoms. The van der Waals surface area contributed by atoms with Crippen molar-refractivity contribution in [3.8, 4) is 0 Å². The number of hydrogen-bond donors (Lipinski definition) is 1. The lowest BCUT2D eigenvalue weighted by Crippen LogP contribution is -2.53. The molecule has 0 aliphatic heterocycles. The second-order valence-corrected chi connectivity index (χ2v) is 8.00. The summed E-state index contributed by atoms with van der Waals surface area (Å²) in [6, 6.07) is 0. The molecule has 0 aromatic heterocycles. The third kappa shape index (κ3) is 2.86. The molecule has 4 aliphatic carbocycles. The van der Waals surface area contributed by atoms with Gasteiger partial charge in [0, 0.05) is 17.3 Å². The highest BCUT2D eigenvalue weighted by molar-refractivity contribution is 9.09. The minimum Gasteiger partial charge on any atom is -0.356 e. The van der Waals surface area contributed by atoms with Crippen LogP contribution in [0.5, 0.6) is 0 Å². The summed E-state index contributed by atoms with van der Waals surface area (Å²) in [6.07, 6.45) is 11.4. The van der Waals surface area contributed by atoms with Crippen molar-refractivity contribution in [3.63, 3.8) is 0 Å². The lowest BCUT2D eigenvalue weighted by atomic mass is 9.49. The molecule has 4 bridgehead atoms. The van der Waals surface area contributed by atoms with E-state index in [9.17, 15) is 4.79 Å². The van der Waals surface area contributed by atoms with Crippen molar-refractivity contribution in [2.24, 2.45) is 23.2 Å². The molecule has 0 aromatic carbocycles. The number of halogens is 1. The van der Waals surface area contributed by atoms with Gasteiger partial charge in [-0.1, -0.05) is 22.4 Å². The molecule has 19 heavy (non-hydrogen) atoms. The summed E-state index contributed by atoms with van der Waals surface area (Å²) in [4.78, 5) is 12.6. The first-order valence-corrected chi connectivity index (χ1v) is 9.18. The molecular weight excluding hydrogens is 302 g/mol. The molecule has 0 aromatic rings. The number of nitrogens with one attached hydrogen (secondary N) is 1. The molecule has 1 amide bonds. The fraction of sp³-hybridized carbons (Fsp3) is 0.938. The minimum absolute atomic E-state index is 0.0458. The van der Waals surface area contributed by atoms with Crippen LogP contribution in [0.15, 0.2) is 0 Å². The molecule has 0 unspecified atom stereocenters. The Balaban J connectivity index is 1.52. The molecule has 4 fully saturated rings. The molecule has 0 radical (unpaired) electrons. The van der Waals surface area contributed by atoms with Gasteiger partial charge in [-0.05, 0) is 69.1 Å². The van der Waals surface area contributed by atoms with Crippen molar-refractivity contribution < 1.29 is 4.79 Å². The quantitative estimate of drug-likeness (QED) is 0.582. The van der Waals surface area contributed by atoms with E-state index in [4.69, 9.17) is 0 Å². The van der Waals surface area contributed by atoms with Crippen LogP contribution in [0, 0.1) is 23.2 Å². The van der Waals surface area contributed by atoms with E-state index < -0.39 is 0 Å². The van der Waals surface area contributed by atoms with Gasteiger partial charge < -0.3 is 5.32 Å². The van der Waals surface area contributed by atoms with E-state index in [0.717, 1.165) is 36.0 Å². The predicted octanol–water partition coefficient (Wildman–Crippen LogP) is 3.88. The highest BCUT2D eigenvalue weighted by Crippen LogP contribution is 2.60. The first kappa shape index (κ1) is 13.9. The average molecular weight is 328 g/mol. The zero-order valence-electron chi connectivity index (χ0n) is 11.8. The summed E-state index contributed by atoms with van der Waals surface area (Å²) >= 11 is 3.45. The van der Waals surface area contributed by atoms with Crippen LogP contribution in [0.1, 0.15) is 57.8 Å². The first-order valence-electron chi connectivity index (χ1n) is 8.06. The van der Waals surface area contributed by atoms with Crippen molar-refractivity contribution in [1.29, 1.82) is 0 Å². The lowest BCUT2D eigenvalue weighted by Gasteiger charge is -2.55. The Morgan fingerprint density at radius 1 is 1.00 bits per heavy atom. The van der Waals surface area contributed by atoms with Gasteiger partial charge in [0.2, 0.25) is 5.91 Å². The predicted molar refractivity (Wildman–Crippen MR) is 81.3 cm³/mol. The van der Waals surface area contributed by atoms with E-state index in [2.05, 4.69) is 21.2 Å². The molecule has 108 valence electrons. The SMILES string of the molecule is O=C(NCCCCCBr)C12CC3CC(CC(C3)C1)C2. The molecular formula is C16H26BrNO. The fourth-order valence-corrected chi connectivity index (χ4v) is 5.57. The maximum absolute atomic E-state index is 12.6. The number of hydrogen-bond acceptors (Lipinski definition) is 1. The molecule has 3 heteroatoms. The summed E-state index contributed by atoms with van der Waals surface area (Å²) in [7, 11) is 0. The zero-order valence-corrected chi connectivity index (χ0v) is 13.4. The standard InChI is InChI=1S/C16H26BrNO/c17-4-2-1-3-5-18-15(19)16-9-12-6-13(10-16)8-14(7-12)11-16/h12-14H,1-11H2,(H,18,19). The molecule has 4 rings (SSSR count). The Kier molecular flexibility index (Phi) is 4.21. The minimum atomic E-state index is 0.0458. The van der Waals surface area contributed by atoms with Crippen LogP contribution >= 0.6 is 15.9 Å². The third-order valence-electron chi connectivity index (χ3n) is 5.62. The third-order valence-corrected chi connectivity index (χ3v) is 6.18. The molecule has 0 heterocycles. The van der Waals surface area contributed by atoms with Gasteiger partial charge in [0.25, 0.3) is 0 Å². The normalized spacial score (nSPS) is 39.5. The first-order chi connectivity index (χ1) is 9.22. The number of amides is 1. The zero-order chi connectivity index (χ0) is 13.3. The van der Waals surface area contributed by atoms with E-state index in [-0.39, 0.29) is 5.41 Å². The summed E-state index contributed by atoms with van der Waals surface area (Å²) in [5.41, 5.74) is 0.0458. The Bertz CT molecular complexity index is 306. The van der Waals surface area contributed by atoms with E-state index in [0.29, 0.717) is 5.91 Å². The Labute approximate surface area is 125 Å². The largest absolute Gasteiger partial charge is 0.356 e. The van der Waals surface area contributed by atoms with Crippen LogP contribution in [-0.4, -0.2) is 17.8 Å². The lowest BCUT2D eigenvalue weighted by molar-refractivity contribution is -0.146. The fourth-order valence-electron chi connectivity index (χ4n) is 5.17. The van der Waals surface area contributed by atoms with Gasteiger partial charge in [-0.15, -0.1) is 0 Å². The summed E-state index contributed by atoms with van der Waals surface area (Å²) in [5.74, 6) is 2.99. The second-order valence-electron chi connectivity index (χ2n) is 7.20. The second kappa shape index (κ2) is 5.75. The maximum atomic E-state index is 12.6. The number of carbonyl (C=O) groups is 1. The van der Waals surface area contributed by atoms with Crippen LogP contribution in [0.4, 0.5) is 0 Å². The highest BCUT2D eigenvalue weighted by Gasteiger charge is 2.54. The van der Waals surface area contributed by atoms with Crippen molar-refractivity contribution >= 4 is 21.8 Å². The van der Waals surface area contributed by atoms with Crippen molar-refractivity contribution in [2.75, 3.05) is 11.9 Å².